The van der Waals surface area contributed by atoms with Crippen LogP contribution in [0.5, 0.6) is 0 Å². The highest BCUT2D eigenvalue weighted by molar-refractivity contribution is 7.88. The summed E-state index contributed by atoms with van der Waals surface area (Å²) in [5, 5.41) is 1.43. The Hall–Kier alpha value is -0.780. The summed E-state index contributed by atoms with van der Waals surface area (Å²) in [6.07, 6.45) is 0. The van der Waals surface area contributed by atoms with Crippen LogP contribution in [0.1, 0.15) is 11.1 Å². The molecule has 22 heavy (non-hydrogen) atoms. The van der Waals surface area contributed by atoms with Gasteiger partial charge in [-0.2, -0.15) is 0 Å². The van der Waals surface area contributed by atoms with Crippen LogP contribution in [0.2, 0.25) is 15.1 Å². The highest BCUT2D eigenvalue weighted by Crippen LogP contribution is 2.24. The Labute approximate surface area is 145 Å². The van der Waals surface area contributed by atoms with Crippen molar-refractivity contribution in [2.75, 3.05) is 7.05 Å². The zero-order chi connectivity index (χ0) is 16.3. The average Bonchev–Trinajstić information content (AvgIpc) is 2.44. The third-order valence-corrected chi connectivity index (χ3v) is 5.74. The average molecular weight is 379 g/mol. The van der Waals surface area contributed by atoms with E-state index in [9.17, 15) is 8.42 Å². The molecular weight excluding hydrogens is 365 g/mol. The molecule has 0 bridgehead atoms. The van der Waals surface area contributed by atoms with E-state index in [1.807, 2.05) is 0 Å². The molecule has 2 rings (SSSR count). The van der Waals surface area contributed by atoms with E-state index < -0.39 is 10.0 Å². The molecule has 0 aliphatic rings. The summed E-state index contributed by atoms with van der Waals surface area (Å²) < 4.78 is 26.1. The second-order valence-corrected chi connectivity index (χ2v) is 8.23. The van der Waals surface area contributed by atoms with Gasteiger partial charge in [0.15, 0.2) is 0 Å². The molecule has 0 aromatic heterocycles. The zero-order valence-electron chi connectivity index (χ0n) is 11.8. The van der Waals surface area contributed by atoms with Gasteiger partial charge in [0.1, 0.15) is 0 Å². The molecule has 0 saturated heterocycles. The number of nitrogens with zero attached hydrogens (tertiary/aromatic N) is 1. The maximum Gasteiger partial charge on any atom is 0.218 e. The maximum atomic E-state index is 12.4. The molecule has 3 nitrogen and oxygen atoms in total. The summed E-state index contributed by atoms with van der Waals surface area (Å²) >= 11 is 17.7. The van der Waals surface area contributed by atoms with Gasteiger partial charge in [-0.25, -0.2) is 12.7 Å². The predicted molar refractivity (Wildman–Crippen MR) is 92.0 cm³/mol. The van der Waals surface area contributed by atoms with Crippen LogP contribution in [0, 0.1) is 0 Å². The quantitative estimate of drug-likeness (QED) is 0.762. The molecule has 2 aromatic rings. The van der Waals surface area contributed by atoms with Crippen molar-refractivity contribution < 1.29 is 8.42 Å². The van der Waals surface area contributed by atoms with Crippen LogP contribution in [0.4, 0.5) is 0 Å². The van der Waals surface area contributed by atoms with Gasteiger partial charge in [-0.05, 0) is 35.4 Å². The lowest BCUT2D eigenvalue weighted by atomic mass is 10.2. The highest BCUT2D eigenvalue weighted by Gasteiger charge is 2.20. The fourth-order valence-electron chi connectivity index (χ4n) is 1.89. The monoisotopic (exact) mass is 377 g/mol. The molecule has 0 atom stereocenters. The van der Waals surface area contributed by atoms with Crippen molar-refractivity contribution in [1.82, 2.24) is 4.31 Å². The number of benzene rings is 2. The van der Waals surface area contributed by atoms with E-state index >= 15 is 0 Å². The van der Waals surface area contributed by atoms with Crippen LogP contribution in [0.3, 0.4) is 0 Å². The van der Waals surface area contributed by atoms with Crippen LogP contribution in [-0.4, -0.2) is 19.8 Å². The first-order valence-electron chi connectivity index (χ1n) is 6.40. The Morgan fingerprint density at radius 2 is 1.55 bits per heavy atom. The highest BCUT2D eigenvalue weighted by atomic mass is 35.5. The third-order valence-electron chi connectivity index (χ3n) is 3.15. The van der Waals surface area contributed by atoms with E-state index in [-0.39, 0.29) is 12.3 Å². The molecule has 0 radical (unpaired) electrons. The van der Waals surface area contributed by atoms with Gasteiger partial charge in [-0.1, -0.05) is 53.0 Å². The van der Waals surface area contributed by atoms with Crippen LogP contribution in [0.25, 0.3) is 0 Å². The second-order valence-electron chi connectivity index (χ2n) is 4.87. The van der Waals surface area contributed by atoms with Crippen LogP contribution >= 0.6 is 34.8 Å². The molecular formula is C15H14Cl3NO2S. The first kappa shape index (κ1) is 17.6. The lowest BCUT2D eigenvalue weighted by Gasteiger charge is -2.18. The largest absolute Gasteiger partial charge is 0.218 e. The minimum absolute atomic E-state index is 0.174. The zero-order valence-corrected chi connectivity index (χ0v) is 14.8. The smallest absolute Gasteiger partial charge is 0.212 e. The van der Waals surface area contributed by atoms with Crippen molar-refractivity contribution in [2.45, 2.75) is 12.3 Å². The summed E-state index contributed by atoms with van der Waals surface area (Å²) in [5.41, 5.74) is 1.38. The normalized spacial score (nSPS) is 11.9. The number of rotatable bonds is 5. The fourth-order valence-corrected chi connectivity index (χ4v) is 3.78. The number of halogens is 3. The molecule has 0 aliphatic carbocycles. The number of sulfonamides is 1. The Kier molecular flexibility index (Phi) is 5.75. The summed E-state index contributed by atoms with van der Waals surface area (Å²) in [5.74, 6) is -0.174. The van der Waals surface area contributed by atoms with E-state index in [0.717, 1.165) is 5.56 Å². The predicted octanol–water partition coefficient (Wildman–Crippen LogP) is 4.61. The third kappa shape index (κ3) is 4.61. The van der Waals surface area contributed by atoms with Crippen molar-refractivity contribution in [2.24, 2.45) is 0 Å². The molecule has 0 amide bonds. The van der Waals surface area contributed by atoms with Crippen molar-refractivity contribution >= 4 is 44.8 Å². The molecule has 0 fully saturated rings. The first-order chi connectivity index (χ1) is 10.3. The van der Waals surface area contributed by atoms with E-state index in [4.69, 9.17) is 34.8 Å². The Balaban J connectivity index is 2.13. The number of hydrogen-bond acceptors (Lipinski definition) is 2. The minimum atomic E-state index is -3.48. The van der Waals surface area contributed by atoms with Crippen molar-refractivity contribution in [3.8, 4) is 0 Å². The number of hydrogen-bond donors (Lipinski definition) is 0. The molecule has 0 saturated carbocycles. The summed E-state index contributed by atoms with van der Waals surface area (Å²) in [4.78, 5) is 0. The lowest BCUT2D eigenvalue weighted by molar-refractivity contribution is 0.466. The van der Waals surface area contributed by atoms with Crippen LogP contribution in [-0.2, 0) is 22.3 Å². The van der Waals surface area contributed by atoms with Gasteiger partial charge in [-0.15, -0.1) is 0 Å². The van der Waals surface area contributed by atoms with Crippen molar-refractivity contribution in [1.29, 1.82) is 0 Å². The van der Waals surface area contributed by atoms with Gasteiger partial charge in [0.25, 0.3) is 0 Å². The van der Waals surface area contributed by atoms with E-state index in [1.54, 1.807) is 36.4 Å². The SMILES string of the molecule is CN(Cc1ccc(Cl)cc1)S(=O)(=O)Cc1ccc(Cl)cc1Cl. The van der Waals surface area contributed by atoms with Crippen LogP contribution < -0.4 is 0 Å². The standard InChI is InChI=1S/C15H14Cl3NO2S/c1-19(9-11-2-5-13(16)6-3-11)22(20,21)10-12-4-7-14(17)8-15(12)18/h2-8H,9-10H2,1H3. The lowest BCUT2D eigenvalue weighted by Crippen LogP contribution is -2.27. The first-order valence-corrected chi connectivity index (χ1v) is 9.14. The molecule has 0 N–H and O–H groups in total. The molecule has 0 unspecified atom stereocenters. The fraction of sp³-hybridized carbons (Fsp3) is 0.200. The second kappa shape index (κ2) is 7.20. The molecule has 2 aromatic carbocycles. The van der Waals surface area contributed by atoms with E-state index in [1.165, 1.54) is 17.4 Å². The topological polar surface area (TPSA) is 37.4 Å². The van der Waals surface area contributed by atoms with Gasteiger partial charge in [-0.3, -0.25) is 0 Å². The summed E-state index contributed by atoms with van der Waals surface area (Å²) in [6, 6.07) is 11.8. The van der Waals surface area contributed by atoms with Gasteiger partial charge in [0.05, 0.1) is 5.75 Å². The van der Waals surface area contributed by atoms with Gasteiger partial charge < -0.3 is 0 Å². The van der Waals surface area contributed by atoms with Crippen LogP contribution in [0.15, 0.2) is 42.5 Å². The van der Waals surface area contributed by atoms with Crippen molar-refractivity contribution in [3.63, 3.8) is 0 Å². The van der Waals surface area contributed by atoms with E-state index in [2.05, 4.69) is 0 Å². The van der Waals surface area contributed by atoms with Gasteiger partial charge >= 0.3 is 0 Å². The van der Waals surface area contributed by atoms with Crippen molar-refractivity contribution in [3.05, 3.63) is 68.7 Å². The molecule has 0 spiro atoms. The maximum absolute atomic E-state index is 12.4. The summed E-state index contributed by atoms with van der Waals surface area (Å²) in [7, 11) is -1.95. The molecule has 7 heteroatoms. The Morgan fingerprint density at radius 1 is 0.955 bits per heavy atom. The summed E-state index contributed by atoms with van der Waals surface area (Å²) in [6.45, 7) is 0.269. The molecule has 0 aliphatic heterocycles. The Morgan fingerprint density at radius 3 is 2.14 bits per heavy atom. The van der Waals surface area contributed by atoms with E-state index in [0.29, 0.717) is 20.6 Å². The minimum Gasteiger partial charge on any atom is -0.212 e. The molecule has 118 valence electrons. The van der Waals surface area contributed by atoms with Gasteiger partial charge in [0, 0.05) is 28.7 Å². The van der Waals surface area contributed by atoms with Gasteiger partial charge in [0.2, 0.25) is 10.0 Å². The molecule has 0 heterocycles. The Bertz CT molecular complexity index is 761.